The molecule has 1 heterocycles. The van der Waals surface area contributed by atoms with Gasteiger partial charge in [-0.1, -0.05) is 46.2 Å². The number of hydrogen-bond donors (Lipinski definition) is 0. The van der Waals surface area contributed by atoms with Crippen molar-refractivity contribution in [2.24, 2.45) is 0 Å². The molecular weight excluding hydrogens is 208 g/mol. The van der Waals surface area contributed by atoms with E-state index in [0.717, 1.165) is 12.1 Å². The summed E-state index contributed by atoms with van der Waals surface area (Å²) in [7, 11) is 0. The van der Waals surface area contributed by atoms with Crippen molar-refractivity contribution < 1.29 is 0 Å². The van der Waals surface area contributed by atoms with Crippen LogP contribution in [0, 0.1) is 0 Å². The van der Waals surface area contributed by atoms with Crippen LogP contribution in [-0.4, -0.2) is 9.55 Å². The predicted molar refractivity (Wildman–Crippen MR) is 73.3 cm³/mol. The lowest BCUT2D eigenvalue weighted by Crippen LogP contribution is -2.19. The fraction of sp³-hybridized carbons (Fsp3) is 0.533. The first-order chi connectivity index (χ1) is 8.04. The molecule has 0 aliphatic carbocycles. The number of rotatable bonds is 3. The third kappa shape index (κ3) is 2.36. The van der Waals surface area contributed by atoms with Gasteiger partial charge in [0.2, 0.25) is 0 Å². The van der Waals surface area contributed by atoms with Gasteiger partial charge >= 0.3 is 0 Å². The van der Waals surface area contributed by atoms with Crippen molar-refractivity contribution >= 4 is 11.0 Å². The molecule has 0 bridgehead atoms. The van der Waals surface area contributed by atoms with Crippen molar-refractivity contribution in [2.75, 3.05) is 0 Å². The highest BCUT2D eigenvalue weighted by molar-refractivity contribution is 5.76. The zero-order chi connectivity index (χ0) is 12.5. The van der Waals surface area contributed by atoms with E-state index in [0.29, 0.717) is 0 Å². The van der Waals surface area contributed by atoms with Crippen molar-refractivity contribution in [1.82, 2.24) is 9.55 Å². The Bertz CT molecular complexity index is 503. The zero-order valence-corrected chi connectivity index (χ0v) is 11.3. The van der Waals surface area contributed by atoms with Gasteiger partial charge in [-0.25, -0.2) is 4.98 Å². The summed E-state index contributed by atoms with van der Waals surface area (Å²) in [5.41, 5.74) is 2.49. The summed E-state index contributed by atoms with van der Waals surface area (Å²) in [6, 6.07) is 8.44. The van der Waals surface area contributed by atoms with Gasteiger partial charge in [-0.15, -0.1) is 0 Å². The van der Waals surface area contributed by atoms with Crippen molar-refractivity contribution in [3.8, 4) is 0 Å². The largest absolute Gasteiger partial charge is 0.328 e. The van der Waals surface area contributed by atoms with E-state index in [1.807, 2.05) is 0 Å². The second-order valence-corrected chi connectivity index (χ2v) is 5.68. The summed E-state index contributed by atoms with van der Waals surface area (Å²) < 4.78 is 2.39. The average Bonchev–Trinajstić information content (AvgIpc) is 2.65. The van der Waals surface area contributed by atoms with Crippen molar-refractivity contribution in [3.63, 3.8) is 0 Å². The molecule has 0 unspecified atom stereocenters. The molecule has 2 rings (SSSR count). The number of para-hydroxylation sites is 2. The first-order valence-corrected chi connectivity index (χ1v) is 6.50. The predicted octanol–water partition coefficient (Wildman–Crippen LogP) is 4.13. The summed E-state index contributed by atoms with van der Waals surface area (Å²) in [5, 5.41) is 0. The van der Waals surface area contributed by atoms with Crippen LogP contribution in [0.1, 0.15) is 46.4 Å². The molecule has 2 nitrogen and oxygen atoms in total. The van der Waals surface area contributed by atoms with Gasteiger partial charge in [0, 0.05) is 12.0 Å². The Hall–Kier alpha value is -1.31. The van der Waals surface area contributed by atoms with E-state index in [1.165, 1.54) is 24.2 Å². The van der Waals surface area contributed by atoms with Crippen LogP contribution in [-0.2, 0) is 12.0 Å². The lowest BCUT2D eigenvalue weighted by atomic mass is 9.95. The Morgan fingerprint density at radius 3 is 2.53 bits per heavy atom. The number of hydrogen-bond acceptors (Lipinski definition) is 1. The fourth-order valence-electron chi connectivity index (χ4n) is 2.19. The lowest BCUT2D eigenvalue weighted by molar-refractivity contribution is 0.495. The van der Waals surface area contributed by atoms with Gasteiger partial charge in [-0.05, 0) is 18.6 Å². The van der Waals surface area contributed by atoms with Gasteiger partial charge in [0.1, 0.15) is 5.82 Å². The van der Waals surface area contributed by atoms with Crippen LogP contribution in [0.25, 0.3) is 11.0 Å². The summed E-state index contributed by atoms with van der Waals surface area (Å²) in [6.45, 7) is 10.0. The number of benzene rings is 1. The van der Waals surface area contributed by atoms with Crippen LogP contribution in [0.4, 0.5) is 0 Å². The summed E-state index contributed by atoms with van der Waals surface area (Å²) in [5.74, 6) is 1.20. The molecule has 2 aromatic rings. The molecule has 0 N–H and O–H groups in total. The molecule has 0 amide bonds. The standard InChI is InChI=1S/C15H22N2/c1-5-6-11-17-13-10-8-7-9-12(13)16-14(17)15(2,3)4/h7-10H,5-6,11H2,1-4H3. The highest BCUT2D eigenvalue weighted by Crippen LogP contribution is 2.26. The Balaban J connectivity index is 2.57. The molecule has 0 fully saturated rings. The maximum atomic E-state index is 4.80. The summed E-state index contributed by atoms with van der Waals surface area (Å²) >= 11 is 0. The summed E-state index contributed by atoms with van der Waals surface area (Å²) in [4.78, 5) is 4.80. The molecule has 0 saturated heterocycles. The molecular formula is C15H22N2. The number of aromatic nitrogens is 2. The van der Waals surface area contributed by atoms with Crippen LogP contribution in [0.15, 0.2) is 24.3 Å². The van der Waals surface area contributed by atoms with E-state index in [-0.39, 0.29) is 5.41 Å². The van der Waals surface area contributed by atoms with Crippen LogP contribution >= 0.6 is 0 Å². The lowest BCUT2D eigenvalue weighted by Gasteiger charge is -2.20. The van der Waals surface area contributed by atoms with Gasteiger partial charge in [-0.2, -0.15) is 0 Å². The molecule has 0 aliphatic heterocycles. The summed E-state index contributed by atoms with van der Waals surface area (Å²) in [6.07, 6.45) is 2.43. The molecule has 0 aliphatic rings. The second kappa shape index (κ2) is 4.52. The van der Waals surface area contributed by atoms with E-state index in [2.05, 4.69) is 56.5 Å². The van der Waals surface area contributed by atoms with Crippen molar-refractivity contribution in [3.05, 3.63) is 30.1 Å². The average molecular weight is 230 g/mol. The van der Waals surface area contributed by atoms with Crippen molar-refractivity contribution in [1.29, 1.82) is 0 Å². The van der Waals surface area contributed by atoms with Crippen molar-refractivity contribution in [2.45, 2.75) is 52.5 Å². The molecule has 1 aromatic heterocycles. The third-order valence-corrected chi connectivity index (χ3v) is 3.06. The van der Waals surface area contributed by atoms with Gasteiger partial charge in [0.05, 0.1) is 11.0 Å². The molecule has 1 aromatic carbocycles. The number of imidazole rings is 1. The van der Waals surface area contributed by atoms with E-state index < -0.39 is 0 Å². The SMILES string of the molecule is CCCCn1c(C(C)(C)C)nc2ccccc21. The molecule has 2 heteroatoms. The highest BCUT2D eigenvalue weighted by atomic mass is 15.1. The topological polar surface area (TPSA) is 17.8 Å². The fourth-order valence-corrected chi connectivity index (χ4v) is 2.19. The molecule has 17 heavy (non-hydrogen) atoms. The minimum Gasteiger partial charge on any atom is -0.328 e. The normalized spacial score (nSPS) is 12.2. The van der Waals surface area contributed by atoms with Crippen LogP contribution in [0.2, 0.25) is 0 Å². The molecule has 0 saturated carbocycles. The van der Waals surface area contributed by atoms with Gasteiger partial charge in [0.15, 0.2) is 0 Å². The van der Waals surface area contributed by atoms with E-state index in [9.17, 15) is 0 Å². The van der Waals surface area contributed by atoms with E-state index >= 15 is 0 Å². The number of aryl methyl sites for hydroxylation is 1. The Kier molecular flexibility index (Phi) is 3.23. The van der Waals surface area contributed by atoms with Crippen LogP contribution in [0.3, 0.4) is 0 Å². The highest BCUT2D eigenvalue weighted by Gasteiger charge is 2.22. The quantitative estimate of drug-likeness (QED) is 0.775. The van der Waals surface area contributed by atoms with Crippen LogP contribution in [0.5, 0.6) is 0 Å². The van der Waals surface area contributed by atoms with Gasteiger partial charge in [0.25, 0.3) is 0 Å². The maximum absolute atomic E-state index is 4.80. The van der Waals surface area contributed by atoms with E-state index in [4.69, 9.17) is 4.98 Å². The van der Waals surface area contributed by atoms with Gasteiger partial charge in [-0.3, -0.25) is 0 Å². The Morgan fingerprint density at radius 1 is 1.18 bits per heavy atom. The van der Waals surface area contributed by atoms with E-state index in [1.54, 1.807) is 0 Å². The second-order valence-electron chi connectivity index (χ2n) is 5.68. The number of nitrogens with zero attached hydrogens (tertiary/aromatic N) is 2. The smallest absolute Gasteiger partial charge is 0.115 e. The number of fused-ring (bicyclic) bond motifs is 1. The third-order valence-electron chi connectivity index (χ3n) is 3.06. The van der Waals surface area contributed by atoms with Crippen LogP contribution < -0.4 is 0 Å². The zero-order valence-electron chi connectivity index (χ0n) is 11.3. The minimum atomic E-state index is 0.104. The number of unbranched alkanes of at least 4 members (excludes halogenated alkanes) is 1. The maximum Gasteiger partial charge on any atom is 0.115 e. The molecule has 0 radical (unpaired) electrons. The molecule has 92 valence electrons. The van der Waals surface area contributed by atoms with Gasteiger partial charge < -0.3 is 4.57 Å². The Morgan fingerprint density at radius 2 is 1.88 bits per heavy atom. The molecule has 0 spiro atoms. The minimum absolute atomic E-state index is 0.104. The Labute approximate surface area is 104 Å². The monoisotopic (exact) mass is 230 g/mol. The first-order valence-electron chi connectivity index (χ1n) is 6.50. The molecule has 0 atom stereocenters. The first kappa shape index (κ1) is 12.2.